The number of rotatable bonds is 6. The average molecular weight is 224 g/mol. The first-order valence-electron chi connectivity index (χ1n) is 4.11. The minimum atomic E-state index is -3.32. The number of nitrogens with zero attached hydrogens (tertiary/aromatic N) is 1. The van der Waals surface area contributed by atoms with Crippen molar-refractivity contribution in [2.24, 2.45) is 0 Å². The summed E-state index contributed by atoms with van der Waals surface area (Å²) in [5.41, 5.74) is 0. The summed E-state index contributed by atoms with van der Waals surface area (Å²) in [4.78, 5) is 12.9. The summed E-state index contributed by atoms with van der Waals surface area (Å²) in [6, 6.07) is 0. The molecular weight excluding hydrogens is 208 g/mol. The first-order valence-corrected chi connectivity index (χ1v) is 5.77. The van der Waals surface area contributed by atoms with Gasteiger partial charge in [-0.3, -0.25) is 4.79 Å². The molecule has 14 heavy (non-hydrogen) atoms. The van der Waals surface area contributed by atoms with E-state index in [0.29, 0.717) is 0 Å². The smallest absolute Gasteiger partial charge is 0.305 e. The van der Waals surface area contributed by atoms with Crippen molar-refractivity contribution in [3.8, 4) is 0 Å². The van der Waals surface area contributed by atoms with Crippen LogP contribution < -0.4 is 4.83 Å². The molecule has 0 rings (SSSR count). The summed E-state index contributed by atoms with van der Waals surface area (Å²) in [6.07, 6.45) is 0.376. The van der Waals surface area contributed by atoms with Gasteiger partial charge < -0.3 is 4.74 Å². The molecule has 0 atom stereocenters. The van der Waals surface area contributed by atoms with E-state index in [0.717, 1.165) is 0 Å². The van der Waals surface area contributed by atoms with Gasteiger partial charge in [-0.2, -0.15) is 0 Å². The van der Waals surface area contributed by atoms with Crippen LogP contribution in [0.5, 0.6) is 0 Å². The van der Waals surface area contributed by atoms with Crippen molar-refractivity contribution in [2.45, 2.75) is 12.8 Å². The number of ether oxygens (including phenoxy) is 1. The Kier molecular flexibility index (Phi) is 5.66. The monoisotopic (exact) mass is 224 g/mol. The van der Waals surface area contributed by atoms with Gasteiger partial charge in [0.1, 0.15) is 0 Å². The van der Waals surface area contributed by atoms with Gasteiger partial charge in [0.2, 0.25) is 10.0 Å². The van der Waals surface area contributed by atoms with Gasteiger partial charge >= 0.3 is 5.97 Å². The lowest BCUT2D eigenvalue weighted by Gasteiger charge is -2.11. The van der Waals surface area contributed by atoms with Crippen LogP contribution in [0.4, 0.5) is 0 Å². The topological polar surface area (TPSA) is 75.7 Å². The fraction of sp³-hybridized carbons (Fsp3) is 0.857. The van der Waals surface area contributed by atoms with E-state index in [-0.39, 0.29) is 18.6 Å². The van der Waals surface area contributed by atoms with Crippen LogP contribution in [0.3, 0.4) is 0 Å². The lowest BCUT2D eigenvalue weighted by atomic mass is 10.3. The van der Waals surface area contributed by atoms with Crippen molar-refractivity contribution in [3.63, 3.8) is 0 Å². The molecule has 0 unspecified atom stereocenters. The molecule has 0 aliphatic heterocycles. The zero-order chi connectivity index (χ0) is 11.2. The zero-order valence-corrected chi connectivity index (χ0v) is 9.43. The number of sulfonamides is 1. The molecule has 7 heteroatoms. The van der Waals surface area contributed by atoms with Crippen LogP contribution in [-0.4, -0.2) is 46.4 Å². The van der Waals surface area contributed by atoms with Crippen LogP contribution in [0.25, 0.3) is 0 Å². The molecule has 0 aliphatic carbocycles. The molecule has 0 spiro atoms. The number of carbonyl (C=O) groups excluding carboxylic acids is 1. The second-order valence-electron chi connectivity index (χ2n) is 2.98. The summed E-state index contributed by atoms with van der Waals surface area (Å²) >= 11 is 0. The maximum Gasteiger partial charge on any atom is 0.305 e. The number of hydrogen-bond acceptors (Lipinski definition) is 5. The van der Waals surface area contributed by atoms with Crippen molar-refractivity contribution in [2.75, 3.05) is 27.0 Å². The van der Waals surface area contributed by atoms with Gasteiger partial charge in [0.15, 0.2) is 0 Å². The van der Waals surface area contributed by atoms with Gasteiger partial charge in [0.05, 0.1) is 12.9 Å². The summed E-state index contributed by atoms with van der Waals surface area (Å²) in [5, 5.41) is 1.34. The van der Waals surface area contributed by atoms with Crippen LogP contribution >= 0.6 is 0 Å². The number of esters is 1. The van der Waals surface area contributed by atoms with Crippen LogP contribution in [0.15, 0.2) is 0 Å². The van der Waals surface area contributed by atoms with Crippen LogP contribution in [0.2, 0.25) is 0 Å². The van der Waals surface area contributed by atoms with Gasteiger partial charge in [0.25, 0.3) is 0 Å². The molecule has 0 aliphatic rings. The molecule has 0 bridgehead atoms. The number of nitrogens with one attached hydrogen (secondary N) is 1. The quantitative estimate of drug-likeness (QED) is 0.478. The third kappa shape index (κ3) is 6.81. The van der Waals surface area contributed by atoms with E-state index >= 15 is 0 Å². The van der Waals surface area contributed by atoms with Crippen molar-refractivity contribution >= 4 is 16.0 Å². The lowest BCUT2D eigenvalue weighted by Crippen LogP contribution is -2.37. The van der Waals surface area contributed by atoms with Gasteiger partial charge in [-0.05, 0) is 6.42 Å². The Bertz CT molecular complexity index is 273. The van der Waals surface area contributed by atoms with E-state index in [9.17, 15) is 13.2 Å². The number of hydrogen-bond donors (Lipinski definition) is 1. The summed E-state index contributed by atoms with van der Waals surface area (Å²) in [7, 11) is 1.12. The van der Waals surface area contributed by atoms with Crippen LogP contribution in [0.1, 0.15) is 12.8 Å². The highest BCUT2D eigenvalue weighted by Gasteiger charge is 2.11. The Balaban J connectivity index is 3.83. The van der Waals surface area contributed by atoms with Gasteiger partial charge in [0, 0.05) is 20.5 Å². The number of carbonyl (C=O) groups is 1. The molecule has 0 aromatic heterocycles. The Morgan fingerprint density at radius 2 is 2.00 bits per heavy atom. The summed E-state index contributed by atoms with van der Waals surface area (Å²) in [5.74, 6) is -0.481. The predicted octanol–water partition coefficient (Wildman–Crippen LogP) is -0.664. The lowest BCUT2D eigenvalue weighted by molar-refractivity contribution is -0.140. The van der Waals surface area contributed by atoms with E-state index in [1.54, 1.807) is 14.1 Å². The Hall–Kier alpha value is -0.660. The van der Waals surface area contributed by atoms with E-state index in [1.807, 2.05) is 0 Å². The third-order valence-electron chi connectivity index (χ3n) is 1.34. The normalized spacial score (nSPS) is 11.7. The van der Waals surface area contributed by atoms with Crippen LogP contribution in [0, 0.1) is 0 Å². The molecule has 0 saturated heterocycles. The van der Waals surface area contributed by atoms with Crippen molar-refractivity contribution in [1.29, 1.82) is 0 Å². The van der Waals surface area contributed by atoms with E-state index < -0.39 is 16.0 Å². The fourth-order valence-electron chi connectivity index (χ4n) is 0.832. The van der Waals surface area contributed by atoms with Crippen molar-refractivity contribution < 1.29 is 17.9 Å². The fourth-order valence-corrected chi connectivity index (χ4v) is 2.00. The Labute approximate surface area is 84.2 Å². The second kappa shape index (κ2) is 5.94. The van der Waals surface area contributed by atoms with Crippen molar-refractivity contribution in [1.82, 2.24) is 9.84 Å². The minimum Gasteiger partial charge on any atom is -0.469 e. The number of methoxy groups -OCH3 is 1. The SMILES string of the molecule is COC(=O)CCCS(=O)(=O)NN(C)C. The molecule has 0 aromatic rings. The highest BCUT2D eigenvalue weighted by molar-refractivity contribution is 7.89. The molecule has 84 valence electrons. The minimum absolute atomic E-state index is 0.0831. The van der Waals surface area contributed by atoms with Gasteiger partial charge in [-0.25, -0.2) is 13.4 Å². The second-order valence-corrected chi connectivity index (χ2v) is 4.80. The summed E-state index contributed by atoms with van der Waals surface area (Å²) < 4.78 is 26.8. The summed E-state index contributed by atoms with van der Waals surface area (Å²) in [6.45, 7) is 0. The van der Waals surface area contributed by atoms with Crippen molar-refractivity contribution in [3.05, 3.63) is 0 Å². The maximum atomic E-state index is 11.2. The number of hydrazine groups is 1. The molecule has 1 N–H and O–H groups in total. The van der Waals surface area contributed by atoms with E-state index in [2.05, 4.69) is 9.57 Å². The standard InChI is InChI=1S/C7H16N2O4S/c1-9(2)8-14(11,12)6-4-5-7(10)13-3/h8H,4-6H2,1-3H3. The zero-order valence-electron chi connectivity index (χ0n) is 8.61. The molecule has 0 radical (unpaired) electrons. The molecule has 0 heterocycles. The van der Waals surface area contributed by atoms with E-state index in [1.165, 1.54) is 12.1 Å². The molecule has 0 amide bonds. The predicted molar refractivity (Wildman–Crippen MR) is 51.9 cm³/mol. The van der Waals surface area contributed by atoms with Gasteiger partial charge in [-0.15, -0.1) is 4.83 Å². The molecule has 6 nitrogen and oxygen atoms in total. The Morgan fingerprint density at radius 1 is 1.43 bits per heavy atom. The van der Waals surface area contributed by atoms with Crippen LogP contribution in [-0.2, 0) is 19.6 Å². The van der Waals surface area contributed by atoms with Gasteiger partial charge in [-0.1, -0.05) is 0 Å². The first kappa shape index (κ1) is 13.3. The molecule has 0 saturated carbocycles. The molecular formula is C7H16N2O4S. The highest BCUT2D eigenvalue weighted by atomic mass is 32.2. The maximum absolute atomic E-state index is 11.2. The molecule has 0 aromatic carbocycles. The highest BCUT2D eigenvalue weighted by Crippen LogP contribution is 1.96. The third-order valence-corrected chi connectivity index (χ3v) is 2.81. The van der Waals surface area contributed by atoms with E-state index in [4.69, 9.17) is 0 Å². The molecule has 0 fully saturated rings. The Morgan fingerprint density at radius 3 is 2.43 bits per heavy atom. The largest absolute Gasteiger partial charge is 0.469 e. The average Bonchev–Trinajstić information content (AvgIpc) is 2.01. The first-order chi connectivity index (χ1) is 6.37.